The van der Waals surface area contributed by atoms with Gasteiger partial charge in [0.25, 0.3) is 0 Å². The maximum Gasteiger partial charge on any atom is 0.178 e. The van der Waals surface area contributed by atoms with E-state index in [-0.39, 0.29) is 0 Å². The molecule has 3 rings (SSSR count). The van der Waals surface area contributed by atoms with Crippen molar-refractivity contribution in [2.24, 2.45) is 0 Å². The van der Waals surface area contributed by atoms with Crippen LogP contribution >= 0.6 is 0 Å². The van der Waals surface area contributed by atoms with Gasteiger partial charge < -0.3 is 9.30 Å². The van der Waals surface area contributed by atoms with Gasteiger partial charge in [0.15, 0.2) is 6.33 Å². The lowest BCUT2D eigenvalue weighted by Gasteiger charge is -2.21. The number of hydrogen-bond donors (Lipinski definition) is 0. The number of rotatable bonds is 0. The van der Waals surface area contributed by atoms with Crippen molar-refractivity contribution in [2.75, 3.05) is 6.61 Å². The molecule has 1 aliphatic rings. The summed E-state index contributed by atoms with van der Waals surface area (Å²) in [7, 11) is 0. The first-order valence-corrected chi connectivity index (χ1v) is 4.38. The highest BCUT2D eigenvalue weighted by Crippen LogP contribution is 2.31. The molecule has 0 fully saturated rings. The predicted octanol–water partition coefficient (Wildman–Crippen LogP) is 1.79. The zero-order valence-corrected chi connectivity index (χ0v) is 7.32. The minimum absolute atomic E-state index is 0.333. The van der Waals surface area contributed by atoms with E-state index in [1.807, 2.05) is 22.8 Å². The Morgan fingerprint density at radius 1 is 1.62 bits per heavy atom. The van der Waals surface area contributed by atoms with E-state index in [1.165, 1.54) is 0 Å². The number of nitrogens with zero attached hydrogens (tertiary/aromatic N) is 2. The zero-order chi connectivity index (χ0) is 8.84. The second-order valence-electron chi connectivity index (χ2n) is 3.37. The highest BCUT2D eigenvalue weighted by Gasteiger charge is 2.19. The standard InChI is InChI=1S/C10H9N2O/c1-7-5-13-9-4-2-3-8-10(9)12(7)6-11-8/h2-4,7H,5H2,1H3. The molecule has 3 heteroatoms. The Bertz CT molecular complexity index is 461. The van der Waals surface area contributed by atoms with Crippen molar-refractivity contribution in [3.63, 3.8) is 0 Å². The van der Waals surface area contributed by atoms with Gasteiger partial charge in [-0.3, -0.25) is 0 Å². The van der Waals surface area contributed by atoms with Crippen LogP contribution in [0.4, 0.5) is 0 Å². The number of para-hydroxylation sites is 1. The number of benzene rings is 1. The van der Waals surface area contributed by atoms with Crippen molar-refractivity contribution in [2.45, 2.75) is 13.0 Å². The molecule has 0 spiro atoms. The minimum Gasteiger partial charge on any atom is -0.489 e. The van der Waals surface area contributed by atoms with Gasteiger partial charge in [0.1, 0.15) is 17.9 Å². The number of hydrogen-bond acceptors (Lipinski definition) is 2. The van der Waals surface area contributed by atoms with E-state index in [9.17, 15) is 0 Å². The largest absolute Gasteiger partial charge is 0.489 e. The first-order valence-electron chi connectivity index (χ1n) is 4.38. The molecule has 1 radical (unpaired) electrons. The van der Waals surface area contributed by atoms with Gasteiger partial charge in [0, 0.05) is 0 Å². The Balaban J connectivity index is 2.45. The molecule has 0 saturated heterocycles. The highest BCUT2D eigenvalue weighted by molar-refractivity contribution is 5.82. The Labute approximate surface area is 76.0 Å². The maximum absolute atomic E-state index is 5.59. The molecule has 1 unspecified atom stereocenters. The van der Waals surface area contributed by atoms with E-state index < -0.39 is 0 Å². The Kier molecular flexibility index (Phi) is 1.20. The monoisotopic (exact) mass is 173 g/mol. The molecule has 0 N–H and O–H groups in total. The lowest BCUT2D eigenvalue weighted by molar-refractivity contribution is 0.247. The fraction of sp³-hybridized carbons (Fsp3) is 0.300. The topological polar surface area (TPSA) is 27.1 Å². The SMILES string of the molecule is CC1COc2cccc3n[c]n1c23. The van der Waals surface area contributed by atoms with Gasteiger partial charge in [-0.05, 0) is 19.1 Å². The van der Waals surface area contributed by atoms with Crippen molar-refractivity contribution in [1.82, 2.24) is 9.55 Å². The summed E-state index contributed by atoms with van der Waals surface area (Å²) in [5, 5.41) is 0. The summed E-state index contributed by atoms with van der Waals surface area (Å²) >= 11 is 0. The van der Waals surface area contributed by atoms with Gasteiger partial charge in [-0.25, -0.2) is 4.98 Å². The highest BCUT2D eigenvalue weighted by atomic mass is 16.5. The number of ether oxygens (including phenoxy) is 1. The van der Waals surface area contributed by atoms with Crippen molar-refractivity contribution >= 4 is 11.0 Å². The smallest absolute Gasteiger partial charge is 0.178 e. The fourth-order valence-corrected chi connectivity index (χ4v) is 1.72. The van der Waals surface area contributed by atoms with Crippen LogP contribution in [-0.2, 0) is 0 Å². The van der Waals surface area contributed by atoms with Crippen LogP contribution in [0.25, 0.3) is 11.0 Å². The fourth-order valence-electron chi connectivity index (χ4n) is 1.72. The number of imidazole rings is 1. The van der Waals surface area contributed by atoms with Gasteiger partial charge in [0.2, 0.25) is 0 Å². The Morgan fingerprint density at radius 2 is 2.54 bits per heavy atom. The summed E-state index contributed by atoms with van der Waals surface area (Å²) in [6.45, 7) is 2.81. The number of aromatic nitrogens is 2. The summed E-state index contributed by atoms with van der Waals surface area (Å²) in [6.07, 6.45) is 2.99. The van der Waals surface area contributed by atoms with Crippen molar-refractivity contribution < 1.29 is 4.74 Å². The van der Waals surface area contributed by atoms with Gasteiger partial charge in [-0.2, -0.15) is 0 Å². The average molecular weight is 173 g/mol. The molecule has 13 heavy (non-hydrogen) atoms. The molecule has 1 atom stereocenters. The van der Waals surface area contributed by atoms with Crippen LogP contribution in [0, 0.1) is 6.33 Å². The summed E-state index contributed by atoms with van der Waals surface area (Å²) in [6, 6.07) is 6.24. The third-order valence-electron chi connectivity index (χ3n) is 2.42. The molecule has 1 aliphatic heterocycles. The van der Waals surface area contributed by atoms with Crippen LogP contribution in [0.5, 0.6) is 5.75 Å². The molecule has 1 aromatic carbocycles. The van der Waals surface area contributed by atoms with Crippen LogP contribution in [0.2, 0.25) is 0 Å². The maximum atomic E-state index is 5.59. The molecule has 0 amide bonds. The van der Waals surface area contributed by atoms with Crippen molar-refractivity contribution in [3.8, 4) is 5.75 Å². The molecule has 65 valence electrons. The molecule has 2 heterocycles. The summed E-state index contributed by atoms with van der Waals surface area (Å²) in [5.74, 6) is 0.921. The van der Waals surface area contributed by atoms with Gasteiger partial charge in [0.05, 0.1) is 11.6 Å². The Hall–Kier alpha value is -1.51. The van der Waals surface area contributed by atoms with E-state index in [0.717, 1.165) is 16.8 Å². The normalized spacial score (nSPS) is 20.2. The first kappa shape index (κ1) is 6.95. The van der Waals surface area contributed by atoms with Crippen LogP contribution in [0.1, 0.15) is 13.0 Å². The minimum atomic E-state index is 0.333. The molecule has 2 aromatic rings. The molecular formula is C10H9N2O. The third kappa shape index (κ3) is 0.813. The van der Waals surface area contributed by atoms with Crippen molar-refractivity contribution in [3.05, 3.63) is 24.5 Å². The molecule has 3 nitrogen and oxygen atoms in total. The lowest BCUT2D eigenvalue weighted by atomic mass is 10.2. The lowest BCUT2D eigenvalue weighted by Crippen LogP contribution is -2.18. The van der Waals surface area contributed by atoms with Crippen LogP contribution < -0.4 is 4.74 Å². The molecule has 0 saturated carbocycles. The quantitative estimate of drug-likeness (QED) is 0.607. The zero-order valence-electron chi connectivity index (χ0n) is 7.32. The van der Waals surface area contributed by atoms with Crippen LogP contribution in [-0.4, -0.2) is 16.2 Å². The molecular weight excluding hydrogens is 164 g/mol. The summed E-state index contributed by atoms with van der Waals surface area (Å²) in [4.78, 5) is 4.20. The summed E-state index contributed by atoms with van der Waals surface area (Å²) in [5.41, 5.74) is 2.03. The van der Waals surface area contributed by atoms with E-state index in [2.05, 4.69) is 18.2 Å². The first-order chi connectivity index (χ1) is 6.36. The van der Waals surface area contributed by atoms with Crippen LogP contribution in [0.3, 0.4) is 0 Å². The van der Waals surface area contributed by atoms with Gasteiger partial charge in [-0.15, -0.1) is 0 Å². The molecule has 0 bridgehead atoms. The van der Waals surface area contributed by atoms with Crippen molar-refractivity contribution in [1.29, 1.82) is 0 Å². The second-order valence-corrected chi connectivity index (χ2v) is 3.37. The van der Waals surface area contributed by atoms with Gasteiger partial charge in [-0.1, -0.05) is 6.07 Å². The third-order valence-corrected chi connectivity index (χ3v) is 2.42. The Morgan fingerprint density at radius 3 is 3.46 bits per heavy atom. The molecule has 1 aromatic heterocycles. The molecule has 0 aliphatic carbocycles. The average Bonchev–Trinajstić information content (AvgIpc) is 2.57. The van der Waals surface area contributed by atoms with E-state index in [4.69, 9.17) is 4.74 Å². The van der Waals surface area contributed by atoms with E-state index in [1.54, 1.807) is 0 Å². The van der Waals surface area contributed by atoms with Gasteiger partial charge >= 0.3 is 0 Å². The van der Waals surface area contributed by atoms with Crippen LogP contribution in [0.15, 0.2) is 18.2 Å². The van der Waals surface area contributed by atoms with E-state index >= 15 is 0 Å². The summed E-state index contributed by atoms with van der Waals surface area (Å²) < 4.78 is 7.64. The predicted molar refractivity (Wildman–Crippen MR) is 48.8 cm³/mol. The van der Waals surface area contributed by atoms with E-state index in [0.29, 0.717) is 12.6 Å². The second kappa shape index (κ2) is 2.25.